The van der Waals surface area contributed by atoms with Gasteiger partial charge in [-0.15, -0.1) is 0 Å². The lowest BCUT2D eigenvalue weighted by atomic mass is 10.2. The van der Waals surface area contributed by atoms with E-state index in [2.05, 4.69) is 4.90 Å². The van der Waals surface area contributed by atoms with E-state index >= 15 is 0 Å². The maximum absolute atomic E-state index is 12.1. The molecule has 2 rings (SSSR count). The zero-order valence-corrected chi connectivity index (χ0v) is 9.33. The molecule has 2 nitrogen and oxygen atoms in total. The predicted octanol–water partition coefficient (Wildman–Crippen LogP) is 3.23. The number of ether oxygens (including phenoxy) is 1. The van der Waals surface area contributed by atoms with Crippen LogP contribution >= 0.6 is 0 Å². The summed E-state index contributed by atoms with van der Waals surface area (Å²) in [6.45, 7) is 0.524. The van der Waals surface area contributed by atoms with Gasteiger partial charge in [-0.1, -0.05) is 12.1 Å². The predicted molar refractivity (Wildman–Crippen MR) is 59.4 cm³/mol. The molecule has 0 amide bonds. The second kappa shape index (κ2) is 4.85. The van der Waals surface area contributed by atoms with Crippen LogP contribution in [0.4, 0.5) is 18.9 Å². The molecular weight excluding hydrogens is 231 g/mol. The number of hydrogen-bond donors (Lipinski definition) is 0. The van der Waals surface area contributed by atoms with Gasteiger partial charge >= 0.3 is 6.18 Å². The summed E-state index contributed by atoms with van der Waals surface area (Å²) in [7, 11) is 0. The third-order valence-electron chi connectivity index (χ3n) is 2.70. The molecule has 0 aliphatic carbocycles. The van der Waals surface area contributed by atoms with Crippen LogP contribution in [0.3, 0.4) is 0 Å². The molecule has 0 atom stereocenters. The van der Waals surface area contributed by atoms with Gasteiger partial charge in [0.15, 0.2) is 6.61 Å². The minimum absolute atomic E-state index is 0.312. The maximum atomic E-state index is 12.1. The van der Waals surface area contributed by atoms with Crippen LogP contribution in [0.1, 0.15) is 12.8 Å². The molecule has 1 aromatic rings. The van der Waals surface area contributed by atoms with Gasteiger partial charge in [-0.3, -0.25) is 0 Å². The van der Waals surface area contributed by atoms with Crippen molar-refractivity contribution in [3.05, 3.63) is 24.3 Å². The van der Waals surface area contributed by atoms with Gasteiger partial charge < -0.3 is 9.64 Å². The molecular formula is C12H14F3NO. The summed E-state index contributed by atoms with van der Waals surface area (Å²) in [6, 6.07) is 6.88. The van der Waals surface area contributed by atoms with Gasteiger partial charge in [0.05, 0.1) is 5.69 Å². The summed E-state index contributed by atoms with van der Waals surface area (Å²) in [5, 5.41) is 0. The van der Waals surface area contributed by atoms with Crippen LogP contribution in [0.2, 0.25) is 0 Å². The van der Waals surface area contributed by atoms with Gasteiger partial charge in [-0.2, -0.15) is 13.2 Å². The first kappa shape index (κ1) is 12.1. The first-order chi connectivity index (χ1) is 8.06. The third-order valence-corrected chi connectivity index (χ3v) is 2.70. The number of benzene rings is 1. The van der Waals surface area contributed by atoms with Crippen LogP contribution in [0.5, 0.6) is 5.75 Å². The summed E-state index contributed by atoms with van der Waals surface area (Å²) < 4.78 is 41.2. The van der Waals surface area contributed by atoms with Crippen LogP contribution in [-0.4, -0.2) is 25.9 Å². The summed E-state index contributed by atoms with van der Waals surface area (Å²) in [6.07, 6.45) is -2.14. The molecule has 0 saturated carbocycles. The number of anilines is 1. The van der Waals surface area contributed by atoms with Crippen molar-refractivity contribution in [1.82, 2.24) is 0 Å². The third kappa shape index (κ3) is 3.28. The van der Waals surface area contributed by atoms with Gasteiger partial charge in [-0.05, 0) is 25.0 Å². The van der Waals surface area contributed by atoms with Gasteiger partial charge in [0, 0.05) is 13.1 Å². The average Bonchev–Trinajstić information content (AvgIpc) is 2.79. The zero-order valence-electron chi connectivity index (χ0n) is 9.33. The SMILES string of the molecule is FC(F)(F)COc1ccccc1N1CCCC1. The van der Waals surface area contributed by atoms with E-state index in [4.69, 9.17) is 4.74 Å². The van der Waals surface area contributed by atoms with Crippen LogP contribution in [0, 0.1) is 0 Å². The summed E-state index contributed by atoms with van der Waals surface area (Å²) in [5.74, 6) is 0.312. The Morgan fingerprint density at radius 2 is 1.76 bits per heavy atom. The molecule has 1 saturated heterocycles. The summed E-state index contributed by atoms with van der Waals surface area (Å²) >= 11 is 0. The number of halogens is 3. The van der Waals surface area contributed by atoms with E-state index in [1.165, 1.54) is 0 Å². The lowest BCUT2D eigenvalue weighted by Gasteiger charge is -2.21. The maximum Gasteiger partial charge on any atom is 0.422 e. The van der Waals surface area contributed by atoms with E-state index < -0.39 is 12.8 Å². The topological polar surface area (TPSA) is 12.5 Å². The Morgan fingerprint density at radius 3 is 2.41 bits per heavy atom. The number of alkyl halides is 3. The Labute approximate surface area is 98.0 Å². The monoisotopic (exact) mass is 245 g/mol. The highest BCUT2D eigenvalue weighted by molar-refractivity contribution is 5.58. The molecule has 17 heavy (non-hydrogen) atoms. The molecule has 1 heterocycles. The quantitative estimate of drug-likeness (QED) is 0.810. The normalized spacial score (nSPS) is 16.3. The minimum Gasteiger partial charge on any atom is -0.482 e. The van der Waals surface area contributed by atoms with Crippen molar-refractivity contribution < 1.29 is 17.9 Å². The minimum atomic E-state index is -4.29. The molecule has 0 unspecified atom stereocenters. The van der Waals surface area contributed by atoms with E-state index in [9.17, 15) is 13.2 Å². The lowest BCUT2D eigenvalue weighted by Crippen LogP contribution is -2.22. The molecule has 0 radical (unpaired) electrons. The first-order valence-electron chi connectivity index (χ1n) is 5.60. The molecule has 0 bridgehead atoms. The van der Waals surface area contributed by atoms with Crippen LogP contribution in [-0.2, 0) is 0 Å². The molecule has 1 aliphatic heterocycles. The van der Waals surface area contributed by atoms with Crippen LogP contribution < -0.4 is 9.64 Å². The molecule has 1 aromatic carbocycles. The van der Waals surface area contributed by atoms with Crippen molar-refractivity contribution in [3.63, 3.8) is 0 Å². The Balaban J connectivity index is 2.10. The Kier molecular flexibility index (Phi) is 3.45. The number of para-hydroxylation sites is 2. The van der Waals surface area contributed by atoms with E-state index in [-0.39, 0.29) is 0 Å². The Bertz CT molecular complexity index is 372. The zero-order chi connectivity index (χ0) is 12.3. The molecule has 5 heteroatoms. The largest absolute Gasteiger partial charge is 0.482 e. The van der Waals surface area contributed by atoms with E-state index in [0.29, 0.717) is 5.75 Å². The van der Waals surface area contributed by atoms with Crippen molar-refractivity contribution in [2.45, 2.75) is 19.0 Å². The first-order valence-corrected chi connectivity index (χ1v) is 5.60. The second-order valence-corrected chi connectivity index (χ2v) is 4.07. The van der Waals surface area contributed by atoms with E-state index in [1.54, 1.807) is 18.2 Å². The average molecular weight is 245 g/mol. The molecule has 0 spiro atoms. The highest BCUT2D eigenvalue weighted by Gasteiger charge is 2.29. The summed E-state index contributed by atoms with van der Waals surface area (Å²) in [5.41, 5.74) is 0.759. The number of hydrogen-bond acceptors (Lipinski definition) is 2. The fourth-order valence-corrected chi connectivity index (χ4v) is 1.96. The van der Waals surface area contributed by atoms with Crippen molar-refractivity contribution in [2.75, 3.05) is 24.6 Å². The van der Waals surface area contributed by atoms with Crippen LogP contribution in [0.25, 0.3) is 0 Å². The van der Waals surface area contributed by atoms with Crippen LogP contribution in [0.15, 0.2) is 24.3 Å². The van der Waals surface area contributed by atoms with Gasteiger partial charge in [0.1, 0.15) is 5.75 Å². The highest BCUT2D eigenvalue weighted by Crippen LogP contribution is 2.31. The Hall–Kier alpha value is -1.39. The van der Waals surface area contributed by atoms with Gasteiger partial charge in [-0.25, -0.2) is 0 Å². The van der Waals surface area contributed by atoms with Crippen molar-refractivity contribution in [1.29, 1.82) is 0 Å². The van der Waals surface area contributed by atoms with Gasteiger partial charge in [0.2, 0.25) is 0 Å². The molecule has 0 aromatic heterocycles. The summed E-state index contributed by atoms with van der Waals surface area (Å²) in [4.78, 5) is 2.06. The fourth-order valence-electron chi connectivity index (χ4n) is 1.96. The molecule has 0 N–H and O–H groups in total. The molecule has 1 aliphatic rings. The molecule has 1 fully saturated rings. The standard InChI is InChI=1S/C12H14F3NO/c13-12(14,15)9-17-11-6-2-1-5-10(11)16-7-3-4-8-16/h1-2,5-6H,3-4,7-9H2. The van der Waals surface area contributed by atoms with Crippen molar-refractivity contribution in [3.8, 4) is 5.75 Å². The van der Waals surface area contributed by atoms with Crippen molar-refractivity contribution >= 4 is 5.69 Å². The number of nitrogens with zero attached hydrogens (tertiary/aromatic N) is 1. The van der Waals surface area contributed by atoms with Gasteiger partial charge in [0.25, 0.3) is 0 Å². The van der Waals surface area contributed by atoms with E-state index in [1.807, 2.05) is 6.07 Å². The molecule has 94 valence electrons. The van der Waals surface area contributed by atoms with E-state index in [0.717, 1.165) is 31.6 Å². The second-order valence-electron chi connectivity index (χ2n) is 4.07. The van der Waals surface area contributed by atoms with Crippen molar-refractivity contribution in [2.24, 2.45) is 0 Å². The fraction of sp³-hybridized carbons (Fsp3) is 0.500. The Morgan fingerprint density at radius 1 is 1.12 bits per heavy atom. The lowest BCUT2D eigenvalue weighted by molar-refractivity contribution is -0.153. The smallest absolute Gasteiger partial charge is 0.422 e. The number of rotatable bonds is 3. The highest BCUT2D eigenvalue weighted by atomic mass is 19.4.